The molecule has 2 saturated heterocycles. The Kier molecular flexibility index (Phi) is 5.75. The second kappa shape index (κ2) is 7.90. The van der Waals surface area contributed by atoms with Crippen LogP contribution in [0.4, 0.5) is 0 Å². The number of rotatable bonds is 7. The zero-order valence-electron chi connectivity index (χ0n) is 16.8. The first-order valence-electron chi connectivity index (χ1n) is 10.9. The molecule has 0 amide bonds. The van der Waals surface area contributed by atoms with Crippen LogP contribution in [0.15, 0.2) is 11.6 Å². The Morgan fingerprint density at radius 2 is 2.04 bits per heavy atom. The first-order chi connectivity index (χ1) is 12.5. The molecule has 4 heteroatoms. The summed E-state index contributed by atoms with van der Waals surface area (Å²) in [5.74, 6) is 1.59. The summed E-state index contributed by atoms with van der Waals surface area (Å²) in [6.07, 6.45) is 9.92. The van der Waals surface area contributed by atoms with Gasteiger partial charge in [-0.15, -0.1) is 0 Å². The van der Waals surface area contributed by atoms with Gasteiger partial charge in [-0.2, -0.15) is 0 Å². The highest BCUT2D eigenvalue weighted by Crippen LogP contribution is 2.59. The molecule has 3 aliphatic carbocycles. The van der Waals surface area contributed by atoms with E-state index in [0.717, 1.165) is 25.6 Å². The van der Waals surface area contributed by atoms with Crippen LogP contribution in [0, 0.1) is 17.3 Å². The van der Waals surface area contributed by atoms with E-state index in [4.69, 9.17) is 4.74 Å². The number of aliphatic hydroxyl groups excluding tert-OH is 1. The standard InChI is InChI=1S/C22H38N2O2/c1-22(2)18-8-7-17(21(22)12-18)15-26-16-20(25)14-23-9-5-6-19(13-23)24-10-3-4-11-24/h7,18-21,25H,3-6,8-16H2,1-2H3. The van der Waals surface area contributed by atoms with E-state index in [1.807, 2.05) is 0 Å². The van der Waals surface area contributed by atoms with Gasteiger partial charge in [0.15, 0.2) is 0 Å². The van der Waals surface area contributed by atoms with Crippen molar-refractivity contribution in [2.45, 2.75) is 64.5 Å². The molecular weight excluding hydrogens is 324 g/mol. The Labute approximate surface area is 159 Å². The van der Waals surface area contributed by atoms with Crippen molar-refractivity contribution in [3.8, 4) is 0 Å². The summed E-state index contributed by atoms with van der Waals surface area (Å²) < 4.78 is 5.94. The van der Waals surface area contributed by atoms with Crippen LogP contribution in [0.3, 0.4) is 0 Å². The quantitative estimate of drug-likeness (QED) is 0.707. The first kappa shape index (κ1) is 18.9. The van der Waals surface area contributed by atoms with Gasteiger partial charge in [0.05, 0.1) is 19.3 Å². The molecule has 2 heterocycles. The molecule has 5 aliphatic rings. The predicted molar refractivity (Wildman–Crippen MR) is 105 cm³/mol. The lowest BCUT2D eigenvalue weighted by molar-refractivity contribution is -0.0277. The molecule has 1 N–H and O–H groups in total. The summed E-state index contributed by atoms with van der Waals surface area (Å²) in [5.41, 5.74) is 1.95. The summed E-state index contributed by atoms with van der Waals surface area (Å²) in [6, 6.07) is 0.709. The summed E-state index contributed by atoms with van der Waals surface area (Å²) >= 11 is 0. The van der Waals surface area contributed by atoms with Crippen LogP contribution >= 0.6 is 0 Å². The van der Waals surface area contributed by atoms with E-state index in [2.05, 4.69) is 29.7 Å². The molecule has 0 radical (unpaired) electrons. The fourth-order valence-corrected chi connectivity index (χ4v) is 5.91. The third-order valence-electron chi connectivity index (χ3n) is 7.77. The lowest BCUT2D eigenvalue weighted by Crippen LogP contribution is -2.49. The Morgan fingerprint density at radius 1 is 1.23 bits per heavy atom. The van der Waals surface area contributed by atoms with E-state index in [0.29, 0.717) is 30.6 Å². The second-order valence-electron chi connectivity index (χ2n) is 9.79. The summed E-state index contributed by atoms with van der Waals surface area (Å²) in [4.78, 5) is 5.12. The van der Waals surface area contributed by atoms with Gasteiger partial charge in [-0.3, -0.25) is 9.80 Å². The lowest BCUT2D eigenvalue weighted by atomic mass is 9.49. The van der Waals surface area contributed by atoms with Gasteiger partial charge in [-0.1, -0.05) is 19.9 Å². The van der Waals surface area contributed by atoms with Crippen molar-refractivity contribution in [3.05, 3.63) is 11.6 Å². The number of hydrogen-bond acceptors (Lipinski definition) is 4. The second-order valence-corrected chi connectivity index (χ2v) is 9.79. The normalized spacial score (nSPS) is 35.8. The molecule has 0 aromatic heterocycles. The number of β-amino-alcohol motifs (C(OH)–C–C–N with tert-alkyl or cyclic N) is 1. The van der Waals surface area contributed by atoms with E-state index in [1.54, 1.807) is 0 Å². The van der Waals surface area contributed by atoms with Gasteiger partial charge in [0.25, 0.3) is 0 Å². The number of ether oxygens (including phenoxy) is 1. The molecule has 0 spiro atoms. The minimum absolute atomic E-state index is 0.362. The van der Waals surface area contributed by atoms with Crippen molar-refractivity contribution < 1.29 is 9.84 Å². The molecule has 0 aromatic carbocycles. The van der Waals surface area contributed by atoms with Gasteiger partial charge in [0.1, 0.15) is 0 Å². The monoisotopic (exact) mass is 362 g/mol. The van der Waals surface area contributed by atoms with Gasteiger partial charge in [0.2, 0.25) is 0 Å². The number of piperidine rings is 1. The summed E-state index contributed by atoms with van der Waals surface area (Å²) in [6.45, 7) is 11.6. The number of allylic oxidation sites excluding steroid dienone is 1. The van der Waals surface area contributed by atoms with Crippen molar-refractivity contribution >= 4 is 0 Å². The smallest absolute Gasteiger partial charge is 0.0900 e. The lowest BCUT2D eigenvalue weighted by Gasteiger charge is -2.56. The zero-order chi connectivity index (χ0) is 18.1. The molecule has 2 aliphatic heterocycles. The van der Waals surface area contributed by atoms with Crippen molar-refractivity contribution in [2.75, 3.05) is 45.9 Å². The van der Waals surface area contributed by atoms with Crippen molar-refractivity contribution in [3.63, 3.8) is 0 Å². The average molecular weight is 363 g/mol. The van der Waals surface area contributed by atoms with Crippen LogP contribution in [0.5, 0.6) is 0 Å². The van der Waals surface area contributed by atoms with E-state index < -0.39 is 0 Å². The summed E-state index contributed by atoms with van der Waals surface area (Å²) in [7, 11) is 0. The number of fused-ring (bicyclic) bond motifs is 1. The van der Waals surface area contributed by atoms with Gasteiger partial charge in [-0.05, 0) is 81.0 Å². The van der Waals surface area contributed by atoms with Crippen LogP contribution in [-0.4, -0.2) is 73.0 Å². The predicted octanol–water partition coefficient (Wildman–Crippen LogP) is 2.92. The molecule has 148 valence electrons. The van der Waals surface area contributed by atoms with Crippen LogP contribution in [0.1, 0.15) is 52.4 Å². The third kappa shape index (κ3) is 3.89. The Balaban J connectivity index is 1.17. The molecule has 5 rings (SSSR count). The first-order valence-corrected chi connectivity index (χ1v) is 10.9. The topological polar surface area (TPSA) is 35.9 Å². The molecule has 3 fully saturated rings. The molecule has 1 saturated carbocycles. The molecular formula is C22H38N2O2. The van der Waals surface area contributed by atoms with Crippen molar-refractivity contribution in [2.24, 2.45) is 17.3 Å². The van der Waals surface area contributed by atoms with Gasteiger partial charge < -0.3 is 9.84 Å². The maximum atomic E-state index is 10.5. The van der Waals surface area contributed by atoms with E-state index in [9.17, 15) is 5.11 Å². The number of likely N-dealkylation sites (tertiary alicyclic amines) is 2. The van der Waals surface area contributed by atoms with Crippen LogP contribution < -0.4 is 0 Å². The summed E-state index contributed by atoms with van der Waals surface area (Å²) in [5, 5.41) is 10.5. The minimum Gasteiger partial charge on any atom is -0.389 e. The van der Waals surface area contributed by atoms with E-state index >= 15 is 0 Å². The molecule has 2 bridgehead atoms. The average Bonchev–Trinajstić information content (AvgIpc) is 3.16. The number of nitrogens with zero attached hydrogens (tertiary/aromatic N) is 2. The number of hydrogen-bond donors (Lipinski definition) is 1. The minimum atomic E-state index is -0.362. The van der Waals surface area contributed by atoms with E-state index in [-0.39, 0.29) is 6.10 Å². The Bertz CT molecular complexity index is 512. The molecule has 4 nitrogen and oxygen atoms in total. The van der Waals surface area contributed by atoms with Crippen LogP contribution in [-0.2, 0) is 4.74 Å². The highest BCUT2D eigenvalue weighted by atomic mass is 16.5. The van der Waals surface area contributed by atoms with Crippen LogP contribution in [0.2, 0.25) is 0 Å². The molecule has 26 heavy (non-hydrogen) atoms. The maximum Gasteiger partial charge on any atom is 0.0900 e. The fraction of sp³-hybridized carbons (Fsp3) is 0.909. The van der Waals surface area contributed by atoms with Crippen molar-refractivity contribution in [1.29, 1.82) is 0 Å². The molecule has 0 aromatic rings. The van der Waals surface area contributed by atoms with Crippen molar-refractivity contribution in [1.82, 2.24) is 9.80 Å². The molecule has 4 unspecified atom stereocenters. The molecule has 4 atom stereocenters. The van der Waals surface area contributed by atoms with Gasteiger partial charge >= 0.3 is 0 Å². The Morgan fingerprint density at radius 3 is 2.77 bits per heavy atom. The van der Waals surface area contributed by atoms with Gasteiger partial charge in [0, 0.05) is 19.1 Å². The highest BCUT2D eigenvalue weighted by Gasteiger charge is 2.50. The SMILES string of the molecule is CC1(C)C2CC=C(COCC(O)CN3CCCC(N4CCCC4)C3)C1C2. The zero-order valence-corrected chi connectivity index (χ0v) is 16.8. The Hall–Kier alpha value is -0.420. The van der Waals surface area contributed by atoms with Gasteiger partial charge in [-0.25, -0.2) is 0 Å². The maximum absolute atomic E-state index is 10.5. The van der Waals surface area contributed by atoms with E-state index in [1.165, 1.54) is 57.2 Å². The largest absolute Gasteiger partial charge is 0.389 e. The number of aliphatic hydroxyl groups is 1. The van der Waals surface area contributed by atoms with Crippen LogP contribution in [0.25, 0.3) is 0 Å². The fourth-order valence-electron chi connectivity index (χ4n) is 5.91. The third-order valence-corrected chi connectivity index (χ3v) is 7.77. The highest BCUT2D eigenvalue weighted by molar-refractivity contribution is 5.23.